The first kappa shape index (κ1) is 15.0. The third-order valence-electron chi connectivity index (χ3n) is 3.21. The molecule has 0 fully saturated rings. The summed E-state index contributed by atoms with van der Waals surface area (Å²) in [5.41, 5.74) is 2.08. The van der Waals surface area contributed by atoms with Crippen LogP contribution in [0.4, 0.5) is 0 Å². The number of benzene rings is 1. The van der Waals surface area contributed by atoms with Gasteiger partial charge >= 0.3 is 0 Å². The Bertz CT molecular complexity index is 516. The van der Waals surface area contributed by atoms with Crippen LogP contribution in [0.25, 0.3) is 0 Å². The summed E-state index contributed by atoms with van der Waals surface area (Å²) in [6.07, 6.45) is 3.88. The summed E-state index contributed by atoms with van der Waals surface area (Å²) in [5, 5.41) is 10.8. The van der Waals surface area contributed by atoms with Gasteiger partial charge in [0.05, 0.1) is 6.10 Å². The summed E-state index contributed by atoms with van der Waals surface area (Å²) >= 11 is 5.84. The van der Waals surface area contributed by atoms with Gasteiger partial charge in [-0.15, -0.1) is 0 Å². The third kappa shape index (κ3) is 4.60. The fourth-order valence-electron chi connectivity index (χ4n) is 2.08. The van der Waals surface area contributed by atoms with E-state index in [0.29, 0.717) is 11.4 Å². The second-order valence-corrected chi connectivity index (χ2v) is 5.39. The molecule has 4 heteroatoms. The molecule has 2 aromatic rings. The van der Waals surface area contributed by atoms with Crippen LogP contribution in [0.5, 0.6) is 0 Å². The molecule has 1 aromatic heterocycles. The van der Waals surface area contributed by atoms with E-state index in [4.69, 9.17) is 11.6 Å². The van der Waals surface area contributed by atoms with E-state index in [-0.39, 0.29) is 0 Å². The van der Waals surface area contributed by atoms with Crippen molar-refractivity contribution < 1.29 is 5.11 Å². The summed E-state index contributed by atoms with van der Waals surface area (Å²) in [6, 6.07) is 11.3. The lowest BCUT2D eigenvalue weighted by Crippen LogP contribution is -2.21. The molecule has 106 valence electrons. The average molecular weight is 291 g/mol. The molecule has 0 saturated carbocycles. The predicted octanol–water partition coefficient (Wildman–Crippen LogP) is 3.29. The van der Waals surface area contributed by atoms with Crippen LogP contribution in [0.15, 0.2) is 48.8 Å². The number of hydrogen-bond donors (Lipinski definition) is 1. The van der Waals surface area contributed by atoms with Gasteiger partial charge in [0.1, 0.15) is 0 Å². The van der Waals surface area contributed by atoms with Crippen molar-refractivity contribution in [3.63, 3.8) is 0 Å². The van der Waals surface area contributed by atoms with Crippen LogP contribution < -0.4 is 0 Å². The van der Waals surface area contributed by atoms with Gasteiger partial charge in [-0.05, 0) is 42.8 Å². The molecule has 1 atom stereocenters. The first-order valence-electron chi connectivity index (χ1n) is 6.66. The number of pyridine rings is 1. The number of rotatable bonds is 6. The quantitative estimate of drug-likeness (QED) is 0.887. The molecule has 0 aliphatic carbocycles. The predicted molar refractivity (Wildman–Crippen MR) is 81.6 cm³/mol. The zero-order valence-electron chi connectivity index (χ0n) is 11.5. The van der Waals surface area contributed by atoms with E-state index >= 15 is 0 Å². The first-order chi connectivity index (χ1) is 9.65. The van der Waals surface area contributed by atoms with Gasteiger partial charge in [0.15, 0.2) is 0 Å². The van der Waals surface area contributed by atoms with Gasteiger partial charge in [0.2, 0.25) is 0 Å². The minimum absolute atomic E-state index is 0.455. The number of aliphatic hydroxyl groups is 1. The average Bonchev–Trinajstić information content (AvgIpc) is 2.46. The minimum Gasteiger partial charge on any atom is -0.388 e. The highest BCUT2D eigenvalue weighted by Gasteiger charge is 2.09. The Kier molecular flexibility index (Phi) is 5.53. The van der Waals surface area contributed by atoms with Crippen LogP contribution in [0.1, 0.15) is 23.7 Å². The lowest BCUT2D eigenvalue weighted by atomic mass is 10.1. The lowest BCUT2D eigenvalue weighted by molar-refractivity contribution is 0.147. The van der Waals surface area contributed by atoms with Crippen molar-refractivity contribution in [3.05, 3.63) is 64.9 Å². The lowest BCUT2D eigenvalue weighted by Gasteiger charge is -2.19. The normalized spacial score (nSPS) is 12.6. The Morgan fingerprint density at radius 2 is 2.00 bits per heavy atom. The molecule has 1 aromatic carbocycles. The Morgan fingerprint density at radius 1 is 1.25 bits per heavy atom. The highest BCUT2D eigenvalue weighted by molar-refractivity contribution is 6.30. The van der Waals surface area contributed by atoms with E-state index in [1.165, 1.54) is 5.56 Å². The number of hydrogen-bond acceptors (Lipinski definition) is 3. The summed E-state index contributed by atoms with van der Waals surface area (Å²) in [4.78, 5) is 6.28. The first-order valence-corrected chi connectivity index (χ1v) is 7.04. The monoisotopic (exact) mass is 290 g/mol. The molecular weight excluding hydrogens is 272 g/mol. The largest absolute Gasteiger partial charge is 0.388 e. The van der Waals surface area contributed by atoms with Gasteiger partial charge in [-0.2, -0.15) is 0 Å². The van der Waals surface area contributed by atoms with E-state index in [1.54, 1.807) is 18.3 Å². The van der Waals surface area contributed by atoms with E-state index in [0.717, 1.165) is 18.7 Å². The maximum Gasteiger partial charge on any atom is 0.0802 e. The van der Waals surface area contributed by atoms with E-state index < -0.39 is 6.10 Å². The molecule has 1 unspecified atom stereocenters. The summed E-state index contributed by atoms with van der Waals surface area (Å²) in [6.45, 7) is 1.65. The molecule has 0 aliphatic heterocycles. The molecule has 0 spiro atoms. The van der Waals surface area contributed by atoms with Crippen molar-refractivity contribution in [2.45, 2.75) is 19.1 Å². The number of halogens is 1. The molecule has 0 saturated heterocycles. The number of aromatic nitrogens is 1. The van der Waals surface area contributed by atoms with Crippen LogP contribution in [-0.4, -0.2) is 28.6 Å². The van der Waals surface area contributed by atoms with Crippen LogP contribution in [0, 0.1) is 0 Å². The second-order valence-electron chi connectivity index (χ2n) is 4.96. The molecule has 3 nitrogen and oxygen atoms in total. The summed E-state index contributed by atoms with van der Waals surface area (Å²) < 4.78 is 0. The topological polar surface area (TPSA) is 36.4 Å². The summed E-state index contributed by atoms with van der Waals surface area (Å²) in [7, 11) is 2.04. The number of nitrogens with zero attached hydrogens (tertiary/aromatic N) is 2. The fourth-order valence-corrected chi connectivity index (χ4v) is 2.20. The smallest absolute Gasteiger partial charge is 0.0802 e. The molecule has 0 aliphatic rings. The van der Waals surface area contributed by atoms with Crippen LogP contribution in [0.2, 0.25) is 5.02 Å². The van der Waals surface area contributed by atoms with Crippen molar-refractivity contribution >= 4 is 11.6 Å². The van der Waals surface area contributed by atoms with Crippen LogP contribution in [-0.2, 0) is 6.54 Å². The van der Waals surface area contributed by atoms with Crippen LogP contribution >= 0.6 is 11.6 Å². The zero-order chi connectivity index (χ0) is 14.4. The number of aliphatic hydroxyl groups excluding tert-OH is 1. The maximum atomic E-state index is 10.1. The van der Waals surface area contributed by atoms with Gasteiger partial charge in [-0.3, -0.25) is 4.98 Å². The standard InChI is InChI=1S/C16H19ClN2O/c1-19(12-13-3-2-9-18-11-13)10-8-16(20)14-4-6-15(17)7-5-14/h2-7,9,11,16,20H,8,10,12H2,1H3. The van der Waals surface area contributed by atoms with Gasteiger partial charge in [-0.1, -0.05) is 29.8 Å². The Labute approximate surface area is 124 Å². The summed E-state index contributed by atoms with van der Waals surface area (Å²) in [5.74, 6) is 0. The van der Waals surface area contributed by atoms with Crippen LogP contribution in [0.3, 0.4) is 0 Å². The fraction of sp³-hybridized carbons (Fsp3) is 0.312. The molecule has 2 rings (SSSR count). The Balaban J connectivity index is 1.81. The molecule has 20 heavy (non-hydrogen) atoms. The highest BCUT2D eigenvalue weighted by Crippen LogP contribution is 2.19. The molecular formula is C16H19ClN2O. The van der Waals surface area contributed by atoms with Crippen molar-refractivity contribution in [3.8, 4) is 0 Å². The van der Waals surface area contributed by atoms with E-state index in [9.17, 15) is 5.11 Å². The van der Waals surface area contributed by atoms with E-state index in [1.807, 2.05) is 31.4 Å². The SMILES string of the molecule is CN(CCC(O)c1ccc(Cl)cc1)Cc1cccnc1. The molecule has 0 radical (unpaired) electrons. The van der Waals surface area contributed by atoms with Gasteiger partial charge in [-0.25, -0.2) is 0 Å². The van der Waals surface area contributed by atoms with Crippen molar-refractivity contribution in [1.29, 1.82) is 0 Å². The molecule has 0 amide bonds. The minimum atomic E-state index is -0.455. The maximum absolute atomic E-state index is 10.1. The second kappa shape index (κ2) is 7.39. The zero-order valence-corrected chi connectivity index (χ0v) is 12.3. The van der Waals surface area contributed by atoms with E-state index in [2.05, 4.69) is 16.0 Å². The van der Waals surface area contributed by atoms with Crippen molar-refractivity contribution in [1.82, 2.24) is 9.88 Å². The van der Waals surface area contributed by atoms with Crippen molar-refractivity contribution in [2.24, 2.45) is 0 Å². The van der Waals surface area contributed by atoms with Gasteiger partial charge in [0, 0.05) is 30.5 Å². The molecule has 1 N–H and O–H groups in total. The third-order valence-corrected chi connectivity index (χ3v) is 3.47. The van der Waals surface area contributed by atoms with Gasteiger partial charge < -0.3 is 10.0 Å². The van der Waals surface area contributed by atoms with Crippen molar-refractivity contribution in [2.75, 3.05) is 13.6 Å². The highest BCUT2D eigenvalue weighted by atomic mass is 35.5. The Morgan fingerprint density at radius 3 is 2.65 bits per heavy atom. The Hall–Kier alpha value is -1.42. The molecule has 0 bridgehead atoms. The van der Waals surface area contributed by atoms with Gasteiger partial charge in [0.25, 0.3) is 0 Å². The molecule has 1 heterocycles.